The number of carbonyl (C=O) groups excluding carboxylic acids is 3. The molecule has 0 aromatic heterocycles. The summed E-state index contributed by atoms with van der Waals surface area (Å²) < 4.78 is 29.1. The van der Waals surface area contributed by atoms with E-state index in [1.807, 2.05) is 0 Å². The molecule has 1 heterocycles. The molecule has 2 rings (SSSR count). The van der Waals surface area contributed by atoms with Crippen LogP contribution in [0.2, 0.25) is 0 Å². The Bertz CT molecular complexity index is 654. The van der Waals surface area contributed by atoms with Gasteiger partial charge in [-0.15, -0.1) is 0 Å². The molecule has 26 heavy (non-hydrogen) atoms. The van der Waals surface area contributed by atoms with E-state index in [1.165, 1.54) is 12.1 Å². The van der Waals surface area contributed by atoms with Gasteiger partial charge in [-0.1, -0.05) is 26.0 Å². The summed E-state index contributed by atoms with van der Waals surface area (Å²) >= 11 is 0. The first-order valence-corrected chi connectivity index (χ1v) is 8.59. The van der Waals surface area contributed by atoms with Gasteiger partial charge < -0.3 is 14.2 Å². The number of ether oxygens (including phenoxy) is 3. The Morgan fingerprint density at radius 3 is 2.54 bits per heavy atom. The van der Waals surface area contributed by atoms with Gasteiger partial charge in [-0.2, -0.15) is 0 Å². The first kappa shape index (κ1) is 19.9. The molecular weight excluding hydrogens is 343 g/mol. The van der Waals surface area contributed by atoms with Crippen molar-refractivity contribution in [3.63, 3.8) is 0 Å². The van der Waals surface area contributed by atoms with Crippen molar-refractivity contribution < 1.29 is 33.0 Å². The Morgan fingerprint density at radius 1 is 1.27 bits per heavy atom. The third kappa shape index (κ3) is 5.28. The Labute approximate surface area is 151 Å². The second-order valence-electron chi connectivity index (χ2n) is 6.61. The molecule has 7 heteroatoms. The predicted octanol–water partition coefficient (Wildman–Crippen LogP) is 2.43. The minimum absolute atomic E-state index is 0.0653. The van der Waals surface area contributed by atoms with E-state index in [0.29, 0.717) is 5.56 Å². The molecule has 1 aromatic rings. The van der Waals surface area contributed by atoms with Crippen LogP contribution in [-0.2, 0) is 35.0 Å². The third-order valence-electron chi connectivity index (χ3n) is 4.12. The largest absolute Gasteiger partial charge is 0.465 e. The summed E-state index contributed by atoms with van der Waals surface area (Å²) in [7, 11) is 0. The minimum Gasteiger partial charge on any atom is -0.465 e. The maximum absolute atomic E-state index is 13.1. The summed E-state index contributed by atoms with van der Waals surface area (Å²) in [4.78, 5) is 36.4. The van der Waals surface area contributed by atoms with Crippen molar-refractivity contribution in [2.45, 2.75) is 45.8 Å². The predicted molar refractivity (Wildman–Crippen MR) is 89.4 cm³/mol. The molecule has 0 N–H and O–H groups in total. The molecule has 0 aliphatic carbocycles. The molecule has 0 amide bonds. The van der Waals surface area contributed by atoms with Gasteiger partial charge in [0.25, 0.3) is 0 Å². The van der Waals surface area contributed by atoms with Crippen molar-refractivity contribution in [2.24, 2.45) is 11.8 Å². The van der Waals surface area contributed by atoms with Gasteiger partial charge in [-0.3, -0.25) is 14.4 Å². The van der Waals surface area contributed by atoms with E-state index >= 15 is 0 Å². The van der Waals surface area contributed by atoms with Gasteiger partial charge in [0.1, 0.15) is 24.4 Å². The van der Waals surface area contributed by atoms with Gasteiger partial charge in [0, 0.05) is 0 Å². The highest BCUT2D eigenvalue weighted by Gasteiger charge is 2.40. The highest BCUT2D eigenvalue weighted by molar-refractivity contribution is 5.77. The van der Waals surface area contributed by atoms with E-state index < -0.39 is 47.8 Å². The number of halogens is 1. The van der Waals surface area contributed by atoms with Gasteiger partial charge in [0.15, 0.2) is 6.10 Å². The van der Waals surface area contributed by atoms with Crippen LogP contribution in [0.3, 0.4) is 0 Å². The van der Waals surface area contributed by atoms with Gasteiger partial charge >= 0.3 is 17.9 Å². The van der Waals surface area contributed by atoms with E-state index in [9.17, 15) is 18.8 Å². The van der Waals surface area contributed by atoms with Crippen molar-refractivity contribution >= 4 is 17.9 Å². The molecule has 1 aliphatic rings. The van der Waals surface area contributed by atoms with E-state index in [1.54, 1.807) is 32.9 Å². The van der Waals surface area contributed by atoms with Crippen molar-refractivity contribution in [1.82, 2.24) is 0 Å². The number of hydrogen-bond donors (Lipinski definition) is 0. The summed E-state index contributed by atoms with van der Waals surface area (Å²) in [5.74, 6) is -3.29. The molecule has 1 aromatic carbocycles. The Kier molecular flexibility index (Phi) is 6.71. The fourth-order valence-corrected chi connectivity index (χ4v) is 2.66. The van der Waals surface area contributed by atoms with Gasteiger partial charge in [0.2, 0.25) is 0 Å². The normalized spacial score (nSPS) is 24.1. The third-order valence-corrected chi connectivity index (χ3v) is 4.12. The molecule has 142 valence electrons. The zero-order valence-electron chi connectivity index (χ0n) is 15.1. The monoisotopic (exact) mass is 366 g/mol. The number of benzene rings is 1. The average Bonchev–Trinajstić information content (AvgIpc) is 2.62. The van der Waals surface area contributed by atoms with Crippen LogP contribution in [0.1, 0.15) is 32.8 Å². The van der Waals surface area contributed by atoms with Crippen LogP contribution >= 0.6 is 0 Å². The standard InChI is InChI=1S/C19H23FO6/c1-11(2)18(22)26-17-12(3)25-16(21)8-9-24-19(23)15(17)10-13-4-6-14(20)7-5-13/h4-7,11-12,15,17H,8-10H2,1-3H3. The lowest BCUT2D eigenvalue weighted by Crippen LogP contribution is -2.43. The smallest absolute Gasteiger partial charge is 0.313 e. The molecular formula is C19H23FO6. The Morgan fingerprint density at radius 2 is 1.92 bits per heavy atom. The highest BCUT2D eigenvalue weighted by Crippen LogP contribution is 2.24. The molecule has 0 bridgehead atoms. The fraction of sp³-hybridized carbons (Fsp3) is 0.526. The maximum atomic E-state index is 13.1. The molecule has 1 saturated heterocycles. The number of carbonyl (C=O) groups is 3. The van der Waals surface area contributed by atoms with E-state index in [4.69, 9.17) is 14.2 Å². The van der Waals surface area contributed by atoms with E-state index in [2.05, 4.69) is 0 Å². The summed E-state index contributed by atoms with van der Waals surface area (Å²) in [6.45, 7) is 4.81. The number of cyclic esters (lactones) is 2. The summed E-state index contributed by atoms with van der Waals surface area (Å²) in [6.07, 6.45) is -1.72. The lowest BCUT2D eigenvalue weighted by molar-refractivity contribution is -0.176. The van der Waals surface area contributed by atoms with Gasteiger partial charge in [-0.25, -0.2) is 4.39 Å². The topological polar surface area (TPSA) is 78.9 Å². The first-order chi connectivity index (χ1) is 12.3. The first-order valence-electron chi connectivity index (χ1n) is 8.59. The van der Waals surface area contributed by atoms with Crippen LogP contribution < -0.4 is 0 Å². The molecule has 1 fully saturated rings. The zero-order chi connectivity index (χ0) is 19.3. The average molecular weight is 366 g/mol. The lowest BCUT2D eigenvalue weighted by atomic mass is 9.91. The van der Waals surface area contributed by atoms with Gasteiger partial charge in [-0.05, 0) is 31.0 Å². The van der Waals surface area contributed by atoms with Crippen molar-refractivity contribution in [2.75, 3.05) is 6.61 Å². The maximum Gasteiger partial charge on any atom is 0.313 e. The highest BCUT2D eigenvalue weighted by atomic mass is 19.1. The fourth-order valence-electron chi connectivity index (χ4n) is 2.66. The lowest BCUT2D eigenvalue weighted by Gasteiger charge is -2.29. The minimum atomic E-state index is -0.996. The summed E-state index contributed by atoms with van der Waals surface area (Å²) in [5.41, 5.74) is 0.678. The van der Waals surface area contributed by atoms with Crippen LogP contribution in [0.25, 0.3) is 0 Å². The molecule has 3 atom stereocenters. The molecule has 0 radical (unpaired) electrons. The summed E-state index contributed by atoms with van der Waals surface area (Å²) in [6, 6.07) is 5.67. The SMILES string of the molecule is CC(C)C(=O)OC1C(C)OC(=O)CCOC(=O)C1Cc1ccc(F)cc1. The second-order valence-corrected chi connectivity index (χ2v) is 6.61. The van der Waals surface area contributed by atoms with Crippen LogP contribution in [0.15, 0.2) is 24.3 Å². The molecule has 0 saturated carbocycles. The number of esters is 3. The Hall–Kier alpha value is -2.44. The number of hydrogen-bond acceptors (Lipinski definition) is 6. The van der Waals surface area contributed by atoms with E-state index in [0.717, 1.165) is 0 Å². The molecule has 6 nitrogen and oxygen atoms in total. The second kappa shape index (κ2) is 8.78. The number of rotatable bonds is 4. The summed E-state index contributed by atoms with van der Waals surface area (Å²) in [5, 5.41) is 0. The van der Waals surface area contributed by atoms with Crippen LogP contribution in [-0.4, -0.2) is 36.7 Å². The molecule has 0 spiro atoms. The van der Waals surface area contributed by atoms with Crippen LogP contribution in [0.4, 0.5) is 4.39 Å². The van der Waals surface area contributed by atoms with Crippen LogP contribution in [0, 0.1) is 17.7 Å². The van der Waals surface area contributed by atoms with E-state index in [-0.39, 0.29) is 19.4 Å². The van der Waals surface area contributed by atoms with Crippen molar-refractivity contribution in [3.05, 3.63) is 35.6 Å². The zero-order valence-corrected chi connectivity index (χ0v) is 15.1. The Balaban J connectivity index is 2.32. The molecule has 1 aliphatic heterocycles. The van der Waals surface area contributed by atoms with Crippen molar-refractivity contribution in [1.29, 1.82) is 0 Å². The van der Waals surface area contributed by atoms with Crippen LogP contribution in [0.5, 0.6) is 0 Å². The van der Waals surface area contributed by atoms with Gasteiger partial charge in [0.05, 0.1) is 12.3 Å². The quantitative estimate of drug-likeness (QED) is 0.602. The molecule has 3 unspecified atom stereocenters. The van der Waals surface area contributed by atoms with Crippen molar-refractivity contribution in [3.8, 4) is 0 Å².